The van der Waals surface area contributed by atoms with Gasteiger partial charge in [-0.1, -0.05) is 0 Å². The van der Waals surface area contributed by atoms with Gasteiger partial charge in [0.2, 0.25) is 0 Å². The molecule has 1 amide bonds. The third kappa shape index (κ3) is 11.1. The minimum Gasteiger partial charge on any atom is -0.444 e. The predicted molar refractivity (Wildman–Crippen MR) is 118 cm³/mol. The average molecular weight is 483 g/mol. The first kappa shape index (κ1) is 25.2. The van der Waals surface area contributed by atoms with E-state index in [0.29, 0.717) is 12.5 Å². The Morgan fingerprint density at radius 1 is 1.23 bits per heavy atom. The van der Waals surface area contributed by atoms with Crippen molar-refractivity contribution in [3.8, 4) is 0 Å². The minimum absolute atomic E-state index is 0. The van der Waals surface area contributed by atoms with Gasteiger partial charge in [0.25, 0.3) is 0 Å². The second kappa shape index (κ2) is 11.2. The SMILES string of the molecule is CN=C(NCC1CCCN(C)C1)NCC(C)(C)NC(=O)OC(C)(C)C.I. The van der Waals surface area contributed by atoms with Crippen LogP contribution in [-0.4, -0.2) is 68.4 Å². The molecule has 1 atom stereocenters. The largest absolute Gasteiger partial charge is 0.444 e. The summed E-state index contributed by atoms with van der Waals surface area (Å²) in [7, 11) is 3.93. The van der Waals surface area contributed by atoms with E-state index in [1.165, 1.54) is 19.4 Å². The minimum atomic E-state index is -0.502. The summed E-state index contributed by atoms with van der Waals surface area (Å²) in [4.78, 5) is 18.6. The monoisotopic (exact) mass is 483 g/mol. The lowest BCUT2D eigenvalue weighted by Gasteiger charge is -2.31. The number of guanidine groups is 1. The van der Waals surface area contributed by atoms with Crippen LogP contribution in [0.5, 0.6) is 0 Å². The van der Waals surface area contributed by atoms with E-state index in [9.17, 15) is 4.79 Å². The van der Waals surface area contributed by atoms with E-state index in [-0.39, 0.29) is 24.0 Å². The van der Waals surface area contributed by atoms with Gasteiger partial charge in [0.1, 0.15) is 5.60 Å². The van der Waals surface area contributed by atoms with Crippen molar-refractivity contribution in [2.75, 3.05) is 40.3 Å². The number of amides is 1. The standard InChI is InChI=1S/C18H37N5O2.HI/c1-17(2,3)25-16(24)22-18(4,5)13-21-15(19-6)20-11-14-9-8-10-23(7)12-14;/h14H,8-13H2,1-7H3,(H,22,24)(H2,19,20,21);1H. The average Bonchev–Trinajstić information content (AvgIpc) is 2.44. The Hall–Kier alpha value is -0.770. The van der Waals surface area contributed by atoms with Crippen LogP contribution in [0.4, 0.5) is 4.79 Å². The van der Waals surface area contributed by atoms with Crippen LogP contribution < -0.4 is 16.0 Å². The van der Waals surface area contributed by atoms with Gasteiger partial charge in [0, 0.05) is 26.7 Å². The molecule has 1 unspecified atom stereocenters. The molecular formula is C18H38IN5O2. The Balaban J connectivity index is 0.00000625. The number of nitrogens with zero attached hydrogens (tertiary/aromatic N) is 2. The van der Waals surface area contributed by atoms with Gasteiger partial charge in [-0.05, 0) is 67.0 Å². The Morgan fingerprint density at radius 2 is 1.88 bits per heavy atom. The summed E-state index contributed by atoms with van der Waals surface area (Å²) >= 11 is 0. The molecule has 0 saturated carbocycles. The zero-order chi connectivity index (χ0) is 19.1. The predicted octanol–water partition coefficient (Wildman–Crippen LogP) is 2.41. The van der Waals surface area contributed by atoms with Crippen LogP contribution >= 0.6 is 24.0 Å². The number of nitrogens with one attached hydrogen (secondary N) is 3. The number of hydrogen-bond donors (Lipinski definition) is 3. The molecule has 7 nitrogen and oxygen atoms in total. The summed E-state index contributed by atoms with van der Waals surface area (Å²) < 4.78 is 5.32. The van der Waals surface area contributed by atoms with Crippen molar-refractivity contribution in [1.29, 1.82) is 0 Å². The maximum atomic E-state index is 11.9. The number of carbonyl (C=O) groups excluding carboxylic acids is 1. The number of alkyl carbamates (subject to hydrolysis) is 1. The van der Waals surface area contributed by atoms with Gasteiger partial charge in [-0.25, -0.2) is 4.79 Å². The van der Waals surface area contributed by atoms with Crippen LogP contribution in [0.2, 0.25) is 0 Å². The fourth-order valence-corrected chi connectivity index (χ4v) is 2.83. The van der Waals surface area contributed by atoms with Gasteiger partial charge in [-0.15, -0.1) is 24.0 Å². The summed E-state index contributed by atoms with van der Waals surface area (Å²) in [5.41, 5.74) is -0.955. The number of aliphatic imine (C=N–C) groups is 1. The highest BCUT2D eigenvalue weighted by Gasteiger charge is 2.25. The van der Waals surface area contributed by atoms with E-state index in [2.05, 4.69) is 32.9 Å². The highest BCUT2D eigenvalue weighted by molar-refractivity contribution is 14.0. The molecule has 1 fully saturated rings. The van der Waals surface area contributed by atoms with Gasteiger partial charge < -0.3 is 25.6 Å². The molecule has 3 N–H and O–H groups in total. The number of piperidine rings is 1. The van der Waals surface area contributed by atoms with Crippen molar-refractivity contribution in [1.82, 2.24) is 20.9 Å². The molecule has 0 aromatic rings. The first-order valence-electron chi connectivity index (χ1n) is 9.15. The van der Waals surface area contributed by atoms with Crippen LogP contribution in [-0.2, 0) is 4.74 Å². The van der Waals surface area contributed by atoms with E-state index in [4.69, 9.17) is 4.74 Å². The normalized spacial score (nSPS) is 19.3. The molecule has 0 aromatic carbocycles. The Kier molecular flexibility index (Phi) is 10.8. The quantitative estimate of drug-likeness (QED) is 0.318. The Bertz CT molecular complexity index is 463. The summed E-state index contributed by atoms with van der Waals surface area (Å²) in [6.45, 7) is 13.2. The van der Waals surface area contributed by atoms with Crippen LogP contribution in [0.3, 0.4) is 0 Å². The van der Waals surface area contributed by atoms with Crippen molar-refractivity contribution in [3.05, 3.63) is 0 Å². The smallest absolute Gasteiger partial charge is 0.408 e. The van der Waals surface area contributed by atoms with E-state index in [1.807, 2.05) is 34.6 Å². The fourth-order valence-electron chi connectivity index (χ4n) is 2.83. The second-order valence-corrected chi connectivity index (χ2v) is 8.59. The molecule has 1 saturated heterocycles. The molecule has 154 valence electrons. The number of carbonyl (C=O) groups is 1. The van der Waals surface area contributed by atoms with Crippen LogP contribution in [0.15, 0.2) is 4.99 Å². The summed E-state index contributed by atoms with van der Waals surface area (Å²) in [6.07, 6.45) is 2.09. The molecule has 1 rings (SSSR count). The molecule has 0 spiro atoms. The number of hydrogen-bond acceptors (Lipinski definition) is 4. The second-order valence-electron chi connectivity index (χ2n) is 8.59. The summed E-state index contributed by atoms with van der Waals surface area (Å²) in [5, 5.41) is 9.57. The maximum Gasteiger partial charge on any atom is 0.408 e. The molecule has 26 heavy (non-hydrogen) atoms. The zero-order valence-corrected chi connectivity index (χ0v) is 19.8. The van der Waals surface area contributed by atoms with Crippen molar-refractivity contribution >= 4 is 36.0 Å². The number of halogens is 1. The maximum absolute atomic E-state index is 11.9. The number of likely N-dealkylation sites (tertiary alicyclic amines) is 1. The zero-order valence-electron chi connectivity index (χ0n) is 17.4. The van der Waals surface area contributed by atoms with E-state index in [0.717, 1.165) is 19.0 Å². The van der Waals surface area contributed by atoms with E-state index in [1.54, 1.807) is 7.05 Å². The van der Waals surface area contributed by atoms with Crippen LogP contribution in [0, 0.1) is 5.92 Å². The number of ether oxygens (including phenoxy) is 1. The van der Waals surface area contributed by atoms with Gasteiger partial charge in [-0.2, -0.15) is 0 Å². The topological polar surface area (TPSA) is 78.0 Å². The van der Waals surface area contributed by atoms with Crippen molar-refractivity contribution < 1.29 is 9.53 Å². The Labute approximate surface area is 176 Å². The van der Waals surface area contributed by atoms with Crippen LogP contribution in [0.25, 0.3) is 0 Å². The molecule has 1 aliphatic heterocycles. The van der Waals surface area contributed by atoms with Gasteiger partial charge >= 0.3 is 6.09 Å². The fraction of sp³-hybridized carbons (Fsp3) is 0.889. The molecular weight excluding hydrogens is 445 g/mol. The highest BCUT2D eigenvalue weighted by Crippen LogP contribution is 2.13. The molecule has 1 aliphatic rings. The van der Waals surface area contributed by atoms with E-state index >= 15 is 0 Å². The third-order valence-corrected chi connectivity index (χ3v) is 4.04. The van der Waals surface area contributed by atoms with Crippen molar-refractivity contribution in [2.45, 2.75) is 58.6 Å². The van der Waals surface area contributed by atoms with Gasteiger partial charge in [0.05, 0.1) is 5.54 Å². The first-order chi connectivity index (χ1) is 11.5. The summed E-state index contributed by atoms with van der Waals surface area (Å²) in [6, 6.07) is 0. The van der Waals surface area contributed by atoms with Gasteiger partial charge in [0.15, 0.2) is 5.96 Å². The lowest BCUT2D eigenvalue weighted by molar-refractivity contribution is 0.0474. The molecule has 0 bridgehead atoms. The molecule has 0 aliphatic carbocycles. The summed E-state index contributed by atoms with van der Waals surface area (Å²) in [5.74, 6) is 1.40. The first-order valence-corrected chi connectivity index (χ1v) is 9.15. The molecule has 0 aromatic heterocycles. The van der Waals surface area contributed by atoms with Gasteiger partial charge in [-0.3, -0.25) is 4.99 Å². The lowest BCUT2D eigenvalue weighted by Crippen LogP contribution is -2.54. The van der Waals surface area contributed by atoms with E-state index < -0.39 is 17.2 Å². The van der Waals surface area contributed by atoms with Crippen molar-refractivity contribution in [2.24, 2.45) is 10.9 Å². The third-order valence-electron chi connectivity index (χ3n) is 4.04. The molecule has 1 heterocycles. The number of rotatable bonds is 5. The Morgan fingerprint density at radius 3 is 2.42 bits per heavy atom. The lowest BCUT2D eigenvalue weighted by atomic mass is 9.98. The van der Waals surface area contributed by atoms with Crippen LogP contribution in [0.1, 0.15) is 47.5 Å². The molecule has 8 heteroatoms. The highest BCUT2D eigenvalue weighted by atomic mass is 127. The molecule has 0 radical (unpaired) electrons. The van der Waals surface area contributed by atoms with Crippen molar-refractivity contribution in [3.63, 3.8) is 0 Å².